The molecule has 0 atom stereocenters. The number of anilines is 5. The molecule has 0 aliphatic heterocycles. The Bertz CT molecular complexity index is 1610. The van der Waals surface area contributed by atoms with Crippen LogP contribution in [0.15, 0.2) is 97.1 Å². The molecule has 0 bridgehead atoms. The van der Waals surface area contributed by atoms with Gasteiger partial charge >= 0.3 is 24.4 Å². The number of nitrogens with zero attached hydrogens (tertiary/aromatic N) is 1. The SMILES string of the molecule is COC(=O)Nc1cccc(N(C(=O)O)c2cccc(C)c2)c1.Cc1cccc(NC(=O)Oc2cccc(NC(=O)O)c2)c1. The van der Waals surface area contributed by atoms with Crippen LogP contribution in [-0.2, 0) is 4.74 Å². The standard InChI is InChI=1S/C16H16N2O4.C15H14N2O4/c1-11-5-3-7-13(9-11)18(16(20)21)14-8-4-6-12(10-14)17-15(19)22-2;1-10-4-2-5-11(8-10)17-15(20)21-13-7-3-6-12(9-13)16-14(18)19/h3-10H,1-2H3,(H,17,19)(H,20,21);2-9,16H,1H3,(H,17,20)(H,18,19). The second-order valence-corrected chi connectivity index (χ2v) is 8.97. The number of carbonyl (C=O) groups excluding carboxylic acids is 2. The fraction of sp³-hybridized carbons (Fsp3) is 0.0968. The highest BCUT2D eigenvalue weighted by molar-refractivity contribution is 5.96. The molecule has 5 N–H and O–H groups in total. The number of amides is 4. The first-order valence-electron chi connectivity index (χ1n) is 12.7. The van der Waals surface area contributed by atoms with Crippen LogP contribution in [0.4, 0.5) is 47.6 Å². The summed E-state index contributed by atoms with van der Waals surface area (Å²) in [5.41, 5.74) is 4.31. The number of carboxylic acid groups (broad SMARTS) is 2. The second kappa shape index (κ2) is 15.1. The third kappa shape index (κ3) is 10.1. The van der Waals surface area contributed by atoms with E-state index in [1.807, 2.05) is 38.1 Å². The topological polar surface area (TPSA) is 167 Å². The van der Waals surface area contributed by atoms with E-state index in [1.54, 1.807) is 66.7 Å². The van der Waals surface area contributed by atoms with Gasteiger partial charge in [0, 0.05) is 23.1 Å². The van der Waals surface area contributed by atoms with Gasteiger partial charge in [0.25, 0.3) is 0 Å². The minimum absolute atomic E-state index is 0.242. The van der Waals surface area contributed by atoms with Crippen molar-refractivity contribution in [3.63, 3.8) is 0 Å². The zero-order chi connectivity index (χ0) is 31.4. The summed E-state index contributed by atoms with van der Waals surface area (Å²) < 4.78 is 9.62. The summed E-state index contributed by atoms with van der Waals surface area (Å²) in [6.45, 7) is 3.80. The molecular formula is C31H30N4O8. The van der Waals surface area contributed by atoms with Crippen molar-refractivity contribution in [1.29, 1.82) is 0 Å². The highest BCUT2D eigenvalue weighted by Gasteiger charge is 2.17. The quantitative estimate of drug-likeness (QED) is 0.153. The first-order chi connectivity index (χ1) is 20.5. The number of rotatable bonds is 6. The summed E-state index contributed by atoms with van der Waals surface area (Å²) in [4.78, 5) is 46.3. The van der Waals surface area contributed by atoms with E-state index in [0.717, 1.165) is 16.0 Å². The summed E-state index contributed by atoms with van der Waals surface area (Å²) in [6.07, 6.45) is -3.56. The molecular weight excluding hydrogens is 556 g/mol. The average Bonchev–Trinajstić information content (AvgIpc) is 2.93. The fourth-order valence-corrected chi connectivity index (χ4v) is 3.76. The zero-order valence-corrected chi connectivity index (χ0v) is 23.5. The molecule has 0 aromatic heterocycles. The van der Waals surface area contributed by atoms with Gasteiger partial charge < -0.3 is 19.7 Å². The Labute approximate surface area is 247 Å². The van der Waals surface area contributed by atoms with Crippen LogP contribution in [0.2, 0.25) is 0 Å². The Morgan fingerprint density at radius 2 is 1.14 bits per heavy atom. The fourth-order valence-electron chi connectivity index (χ4n) is 3.76. The summed E-state index contributed by atoms with van der Waals surface area (Å²) in [5, 5.41) is 25.4. The molecule has 0 heterocycles. The number of aryl methyl sites for hydroxylation is 2. The molecule has 4 aromatic rings. The van der Waals surface area contributed by atoms with Crippen molar-refractivity contribution in [1.82, 2.24) is 0 Å². The lowest BCUT2D eigenvalue weighted by Crippen LogP contribution is -2.23. The largest absolute Gasteiger partial charge is 0.465 e. The van der Waals surface area contributed by atoms with Crippen LogP contribution < -0.4 is 25.6 Å². The van der Waals surface area contributed by atoms with Gasteiger partial charge in [0.15, 0.2) is 0 Å². The van der Waals surface area contributed by atoms with Crippen LogP contribution in [0.5, 0.6) is 5.75 Å². The minimum Gasteiger partial charge on any atom is -0.465 e. The van der Waals surface area contributed by atoms with E-state index in [2.05, 4.69) is 20.7 Å². The second-order valence-electron chi connectivity index (χ2n) is 8.97. The maximum atomic E-state index is 11.8. The molecule has 0 saturated carbocycles. The van der Waals surface area contributed by atoms with Gasteiger partial charge in [-0.2, -0.15) is 0 Å². The maximum Gasteiger partial charge on any atom is 0.417 e. The summed E-state index contributed by atoms with van der Waals surface area (Å²) in [7, 11) is 1.26. The van der Waals surface area contributed by atoms with Gasteiger partial charge in [-0.15, -0.1) is 0 Å². The zero-order valence-electron chi connectivity index (χ0n) is 23.5. The van der Waals surface area contributed by atoms with Crippen LogP contribution in [0.1, 0.15) is 11.1 Å². The van der Waals surface area contributed by atoms with Crippen LogP contribution >= 0.6 is 0 Å². The van der Waals surface area contributed by atoms with Crippen molar-refractivity contribution in [3.05, 3.63) is 108 Å². The normalized spacial score (nSPS) is 9.84. The van der Waals surface area contributed by atoms with Gasteiger partial charge in [0.2, 0.25) is 0 Å². The van der Waals surface area contributed by atoms with Crippen molar-refractivity contribution in [3.8, 4) is 5.75 Å². The number of benzene rings is 4. The molecule has 0 spiro atoms. The first kappa shape index (κ1) is 31.5. The van der Waals surface area contributed by atoms with E-state index >= 15 is 0 Å². The molecule has 0 aliphatic carbocycles. The number of carbonyl (C=O) groups is 4. The Balaban J connectivity index is 0.000000236. The molecule has 4 aromatic carbocycles. The molecule has 4 amide bonds. The molecule has 0 radical (unpaired) electrons. The Kier molecular flexibility index (Phi) is 11.1. The summed E-state index contributed by atoms with van der Waals surface area (Å²) >= 11 is 0. The smallest absolute Gasteiger partial charge is 0.417 e. The average molecular weight is 587 g/mol. The molecule has 0 aliphatic rings. The highest BCUT2D eigenvalue weighted by Crippen LogP contribution is 2.28. The third-order valence-electron chi connectivity index (χ3n) is 5.55. The van der Waals surface area contributed by atoms with Crippen LogP contribution in [0.3, 0.4) is 0 Å². The van der Waals surface area contributed by atoms with Crippen molar-refractivity contribution >= 4 is 52.8 Å². The lowest BCUT2D eigenvalue weighted by Gasteiger charge is -2.20. The van der Waals surface area contributed by atoms with Crippen LogP contribution in [0.25, 0.3) is 0 Å². The molecule has 12 nitrogen and oxygen atoms in total. The van der Waals surface area contributed by atoms with Crippen molar-refractivity contribution < 1.29 is 38.9 Å². The van der Waals surface area contributed by atoms with Crippen molar-refractivity contribution in [2.24, 2.45) is 0 Å². The van der Waals surface area contributed by atoms with Crippen LogP contribution in [-0.4, -0.2) is 41.7 Å². The van der Waals surface area contributed by atoms with E-state index in [4.69, 9.17) is 9.84 Å². The Morgan fingerprint density at radius 1 is 0.628 bits per heavy atom. The molecule has 43 heavy (non-hydrogen) atoms. The van der Waals surface area contributed by atoms with Gasteiger partial charge in [-0.3, -0.25) is 16.0 Å². The van der Waals surface area contributed by atoms with Crippen molar-refractivity contribution in [2.45, 2.75) is 13.8 Å². The van der Waals surface area contributed by atoms with E-state index in [1.165, 1.54) is 13.2 Å². The van der Waals surface area contributed by atoms with Gasteiger partial charge in [-0.05, 0) is 79.6 Å². The monoisotopic (exact) mass is 586 g/mol. The molecule has 0 unspecified atom stereocenters. The highest BCUT2D eigenvalue weighted by atomic mass is 16.6. The predicted octanol–water partition coefficient (Wildman–Crippen LogP) is 7.69. The molecule has 4 rings (SSSR count). The number of nitrogens with one attached hydrogen (secondary N) is 3. The van der Waals surface area contributed by atoms with E-state index in [-0.39, 0.29) is 5.75 Å². The Hall–Kier alpha value is -6.04. The maximum absolute atomic E-state index is 11.8. The third-order valence-corrected chi connectivity index (χ3v) is 5.55. The van der Waals surface area contributed by atoms with Gasteiger partial charge in [-0.25, -0.2) is 24.1 Å². The van der Waals surface area contributed by atoms with Gasteiger partial charge in [0.05, 0.1) is 18.5 Å². The Morgan fingerprint density at radius 3 is 1.72 bits per heavy atom. The number of hydrogen-bond donors (Lipinski definition) is 5. The van der Waals surface area contributed by atoms with E-state index in [0.29, 0.717) is 28.4 Å². The predicted molar refractivity (Wildman–Crippen MR) is 163 cm³/mol. The van der Waals surface area contributed by atoms with Gasteiger partial charge in [0.1, 0.15) is 5.75 Å². The molecule has 222 valence electrons. The van der Waals surface area contributed by atoms with Crippen LogP contribution in [0, 0.1) is 13.8 Å². The minimum atomic E-state index is -1.18. The van der Waals surface area contributed by atoms with Gasteiger partial charge in [-0.1, -0.05) is 36.4 Å². The number of methoxy groups -OCH3 is 1. The van der Waals surface area contributed by atoms with Crippen molar-refractivity contribution in [2.75, 3.05) is 28.0 Å². The number of hydrogen-bond acceptors (Lipinski definition) is 6. The lowest BCUT2D eigenvalue weighted by atomic mass is 10.2. The van der Waals surface area contributed by atoms with E-state index in [9.17, 15) is 24.3 Å². The summed E-state index contributed by atoms with van der Waals surface area (Å²) in [5.74, 6) is 0.242. The first-order valence-corrected chi connectivity index (χ1v) is 12.7. The molecule has 12 heteroatoms. The lowest BCUT2D eigenvalue weighted by molar-refractivity contribution is 0.187. The molecule has 0 fully saturated rings. The summed E-state index contributed by atoms with van der Waals surface area (Å²) in [6, 6.07) is 27.1. The number of ether oxygens (including phenoxy) is 2. The molecule has 0 saturated heterocycles. The van der Waals surface area contributed by atoms with E-state index < -0.39 is 24.4 Å².